The summed E-state index contributed by atoms with van der Waals surface area (Å²) in [4.78, 5) is 28.7. The number of para-hydroxylation sites is 2. The predicted octanol–water partition coefficient (Wildman–Crippen LogP) is 3.94. The zero-order chi connectivity index (χ0) is 17.6. The summed E-state index contributed by atoms with van der Waals surface area (Å²) in [6.45, 7) is 1.87. The zero-order valence-corrected chi connectivity index (χ0v) is 14.2. The molecule has 128 valence electrons. The van der Waals surface area contributed by atoms with Crippen LogP contribution in [0.4, 0.5) is 11.4 Å². The van der Waals surface area contributed by atoms with Gasteiger partial charge in [0.2, 0.25) is 5.91 Å². The van der Waals surface area contributed by atoms with E-state index >= 15 is 0 Å². The Kier molecular flexibility index (Phi) is 5.23. The lowest BCUT2D eigenvalue weighted by Crippen LogP contribution is -2.18. The van der Waals surface area contributed by atoms with Crippen LogP contribution in [0.15, 0.2) is 54.7 Å². The average Bonchev–Trinajstić information content (AvgIpc) is 3.10. The fraction of sp³-hybridized carbons (Fsp3) is 0.250. The van der Waals surface area contributed by atoms with E-state index in [4.69, 9.17) is 0 Å². The first-order chi connectivity index (χ1) is 12.1. The van der Waals surface area contributed by atoms with Crippen molar-refractivity contribution < 1.29 is 9.59 Å². The number of hydrogen-bond donors (Lipinski definition) is 2. The van der Waals surface area contributed by atoms with E-state index in [1.165, 1.54) is 6.20 Å². The molecule has 2 amide bonds. The second-order valence-electron chi connectivity index (χ2n) is 6.21. The summed E-state index contributed by atoms with van der Waals surface area (Å²) >= 11 is 0. The normalized spacial score (nSPS) is 15.8. The van der Waals surface area contributed by atoms with Crippen molar-refractivity contribution in [3.63, 3.8) is 0 Å². The van der Waals surface area contributed by atoms with Crippen LogP contribution in [0.2, 0.25) is 0 Å². The molecule has 1 atom stereocenters. The quantitative estimate of drug-likeness (QED) is 0.813. The van der Waals surface area contributed by atoms with E-state index in [9.17, 15) is 9.59 Å². The van der Waals surface area contributed by atoms with Crippen LogP contribution in [-0.2, 0) is 4.79 Å². The van der Waals surface area contributed by atoms with Crippen molar-refractivity contribution in [1.82, 2.24) is 4.98 Å². The van der Waals surface area contributed by atoms with Crippen molar-refractivity contribution in [3.05, 3.63) is 66.0 Å². The summed E-state index contributed by atoms with van der Waals surface area (Å²) in [6.07, 6.45) is 8.26. The summed E-state index contributed by atoms with van der Waals surface area (Å²) in [5.74, 6) is 0.00330. The van der Waals surface area contributed by atoms with Crippen LogP contribution in [0.3, 0.4) is 0 Å². The minimum absolute atomic E-state index is 0.0461. The number of benzene rings is 1. The average molecular weight is 335 g/mol. The highest BCUT2D eigenvalue weighted by Gasteiger charge is 2.16. The number of hydrogen-bond acceptors (Lipinski definition) is 3. The van der Waals surface area contributed by atoms with Gasteiger partial charge in [-0.2, -0.15) is 0 Å². The SMILES string of the molecule is Cc1ccc(C(=O)Nc2ccccc2NC(=O)C[C@@H]2C=CCC2)cn1. The fourth-order valence-corrected chi connectivity index (χ4v) is 2.80. The molecule has 0 fully saturated rings. The predicted molar refractivity (Wildman–Crippen MR) is 98.5 cm³/mol. The number of rotatable bonds is 5. The number of pyridine rings is 1. The van der Waals surface area contributed by atoms with E-state index < -0.39 is 0 Å². The number of aromatic nitrogens is 1. The number of aryl methyl sites for hydroxylation is 1. The molecule has 1 aliphatic rings. The van der Waals surface area contributed by atoms with Crippen LogP contribution >= 0.6 is 0 Å². The van der Waals surface area contributed by atoms with Crippen molar-refractivity contribution in [2.75, 3.05) is 10.6 Å². The molecule has 3 rings (SSSR count). The molecule has 0 aliphatic heterocycles. The van der Waals surface area contributed by atoms with Gasteiger partial charge >= 0.3 is 0 Å². The first kappa shape index (κ1) is 16.9. The molecule has 5 heteroatoms. The zero-order valence-electron chi connectivity index (χ0n) is 14.2. The lowest BCUT2D eigenvalue weighted by atomic mass is 10.0. The minimum atomic E-state index is -0.257. The van der Waals surface area contributed by atoms with Crippen LogP contribution in [0.1, 0.15) is 35.3 Å². The molecule has 1 heterocycles. The number of anilines is 2. The van der Waals surface area contributed by atoms with Gasteiger partial charge in [-0.15, -0.1) is 0 Å². The van der Waals surface area contributed by atoms with Crippen LogP contribution in [0, 0.1) is 12.8 Å². The van der Waals surface area contributed by atoms with Gasteiger partial charge in [-0.05, 0) is 49.9 Å². The molecule has 5 nitrogen and oxygen atoms in total. The smallest absolute Gasteiger partial charge is 0.257 e. The van der Waals surface area contributed by atoms with E-state index in [1.807, 2.05) is 19.1 Å². The number of carbonyl (C=O) groups is 2. The third-order valence-corrected chi connectivity index (χ3v) is 4.18. The second-order valence-corrected chi connectivity index (χ2v) is 6.21. The van der Waals surface area contributed by atoms with Gasteiger partial charge in [0, 0.05) is 18.3 Å². The maximum atomic E-state index is 12.4. The molecule has 0 spiro atoms. The van der Waals surface area contributed by atoms with E-state index in [0.29, 0.717) is 29.3 Å². The Morgan fingerprint density at radius 2 is 1.88 bits per heavy atom. The van der Waals surface area contributed by atoms with Gasteiger partial charge in [-0.3, -0.25) is 14.6 Å². The summed E-state index contributed by atoms with van der Waals surface area (Å²) in [6, 6.07) is 10.7. The lowest BCUT2D eigenvalue weighted by molar-refractivity contribution is -0.116. The number of nitrogens with zero attached hydrogens (tertiary/aromatic N) is 1. The van der Waals surface area contributed by atoms with Gasteiger partial charge in [0.05, 0.1) is 16.9 Å². The summed E-state index contributed by atoms with van der Waals surface area (Å²) in [7, 11) is 0. The maximum absolute atomic E-state index is 12.4. The van der Waals surface area contributed by atoms with Gasteiger partial charge in [0.1, 0.15) is 0 Å². The molecule has 1 aromatic carbocycles. The topological polar surface area (TPSA) is 71.1 Å². The lowest BCUT2D eigenvalue weighted by Gasteiger charge is -2.13. The Hall–Kier alpha value is -2.95. The second kappa shape index (κ2) is 7.75. The van der Waals surface area contributed by atoms with Crippen LogP contribution in [0.25, 0.3) is 0 Å². The van der Waals surface area contributed by atoms with Crippen molar-refractivity contribution in [2.45, 2.75) is 26.2 Å². The number of nitrogens with one attached hydrogen (secondary N) is 2. The number of amides is 2. The summed E-state index contributed by atoms with van der Waals surface area (Å²) < 4.78 is 0. The summed E-state index contributed by atoms with van der Waals surface area (Å²) in [5, 5.41) is 5.74. The standard InChI is InChI=1S/C20H21N3O2/c1-14-10-11-16(13-21-14)20(25)23-18-9-5-4-8-17(18)22-19(24)12-15-6-2-3-7-15/h2,4-6,8-11,13,15H,3,7,12H2,1H3,(H,22,24)(H,23,25)/t15-/m1/s1. The van der Waals surface area contributed by atoms with E-state index in [2.05, 4.69) is 27.8 Å². The van der Waals surface area contributed by atoms with Crippen LogP contribution in [0.5, 0.6) is 0 Å². The largest absolute Gasteiger partial charge is 0.324 e. The van der Waals surface area contributed by atoms with Gasteiger partial charge in [0.15, 0.2) is 0 Å². The molecule has 2 aromatic rings. The first-order valence-corrected chi connectivity index (χ1v) is 8.41. The number of carbonyl (C=O) groups excluding carboxylic acids is 2. The van der Waals surface area contributed by atoms with Crippen molar-refractivity contribution in [1.29, 1.82) is 0 Å². The van der Waals surface area contributed by atoms with Crippen molar-refractivity contribution in [3.8, 4) is 0 Å². The maximum Gasteiger partial charge on any atom is 0.257 e. The highest BCUT2D eigenvalue weighted by Crippen LogP contribution is 2.24. The minimum Gasteiger partial charge on any atom is -0.324 e. The molecule has 0 radical (unpaired) electrons. The van der Waals surface area contributed by atoms with Crippen molar-refractivity contribution in [2.24, 2.45) is 5.92 Å². The molecule has 2 N–H and O–H groups in total. The Morgan fingerprint density at radius 3 is 2.52 bits per heavy atom. The van der Waals surface area contributed by atoms with Gasteiger partial charge in [-0.1, -0.05) is 24.3 Å². The van der Waals surface area contributed by atoms with Crippen LogP contribution in [-0.4, -0.2) is 16.8 Å². The Morgan fingerprint density at radius 1 is 1.12 bits per heavy atom. The molecule has 1 aliphatic carbocycles. The highest BCUT2D eigenvalue weighted by molar-refractivity contribution is 6.07. The van der Waals surface area contributed by atoms with Gasteiger partial charge < -0.3 is 10.6 Å². The van der Waals surface area contributed by atoms with Gasteiger partial charge in [0.25, 0.3) is 5.91 Å². The van der Waals surface area contributed by atoms with Gasteiger partial charge in [-0.25, -0.2) is 0 Å². The van der Waals surface area contributed by atoms with Crippen molar-refractivity contribution >= 4 is 23.2 Å². The molecule has 25 heavy (non-hydrogen) atoms. The molecule has 0 saturated heterocycles. The van der Waals surface area contributed by atoms with Crippen LogP contribution < -0.4 is 10.6 Å². The third-order valence-electron chi connectivity index (χ3n) is 4.18. The highest BCUT2D eigenvalue weighted by atomic mass is 16.2. The van der Waals surface area contributed by atoms with E-state index in [1.54, 1.807) is 24.3 Å². The molecule has 0 bridgehead atoms. The molecule has 1 aromatic heterocycles. The Balaban J connectivity index is 1.67. The third kappa shape index (κ3) is 4.53. The fourth-order valence-electron chi connectivity index (χ4n) is 2.80. The Labute approximate surface area is 147 Å². The van der Waals surface area contributed by atoms with E-state index in [0.717, 1.165) is 18.5 Å². The Bertz CT molecular complexity index is 797. The molecular weight excluding hydrogens is 314 g/mol. The molecule has 0 saturated carbocycles. The number of allylic oxidation sites excluding steroid dienone is 2. The monoisotopic (exact) mass is 335 g/mol. The first-order valence-electron chi connectivity index (χ1n) is 8.41. The van der Waals surface area contributed by atoms with E-state index in [-0.39, 0.29) is 11.8 Å². The molecule has 0 unspecified atom stereocenters. The summed E-state index contributed by atoms with van der Waals surface area (Å²) in [5.41, 5.74) is 2.50. The molecular formula is C20H21N3O2.